The molecule has 3 nitrogen and oxygen atoms in total. The SMILES string of the molecule is CCCc1cc(CCC)c(CNSC)c(N)n1. The van der Waals surface area contributed by atoms with E-state index in [2.05, 4.69) is 29.6 Å². The number of nitrogens with two attached hydrogens (primary N) is 1. The fourth-order valence-corrected chi connectivity index (χ4v) is 2.22. The van der Waals surface area contributed by atoms with Crippen molar-refractivity contribution < 1.29 is 0 Å². The van der Waals surface area contributed by atoms with Crippen LogP contribution in [0.25, 0.3) is 0 Å². The molecule has 4 heteroatoms. The van der Waals surface area contributed by atoms with E-state index < -0.39 is 0 Å². The number of pyridine rings is 1. The molecule has 0 saturated carbocycles. The number of aryl methyl sites for hydroxylation is 2. The van der Waals surface area contributed by atoms with E-state index in [9.17, 15) is 0 Å². The standard InChI is InChI=1S/C13H23N3S/c1-4-6-10-8-11(7-5-2)16-13(14)12(10)9-15-17-3/h8,15H,4-7,9H2,1-3H3,(H2,14,16). The molecule has 0 atom stereocenters. The minimum atomic E-state index is 0.695. The van der Waals surface area contributed by atoms with Gasteiger partial charge >= 0.3 is 0 Å². The number of anilines is 1. The van der Waals surface area contributed by atoms with E-state index in [1.165, 1.54) is 11.1 Å². The van der Waals surface area contributed by atoms with Gasteiger partial charge in [0.25, 0.3) is 0 Å². The van der Waals surface area contributed by atoms with E-state index in [0.29, 0.717) is 5.82 Å². The third-order valence-corrected chi connectivity index (χ3v) is 3.15. The maximum Gasteiger partial charge on any atom is 0.128 e. The fourth-order valence-electron chi connectivity index (χ4n) is 1.93. The molecule has 17 heavy (non-hydrogen) atoms. The van der Waals surface area contributed by atoms with Crippen LogP contribution in [0.5, 0.6) is 0 Å². The van der Waals surface area contributed by atoms with E-state index in [0.717, 1.165) is 37.9 Å². The van der Waals surface area contributed by atoms with Crippen LogP contribution in [0.3, 0.4) is 0 Å². The van der Waals surface area contributed by atoms with Crippen molar-refractivity contribution in [2.75, 3.05) is 12.0 Å². The highest BCUT2D eigenvalue weighted by Gasteiger charge is 2.09. The van der Waals surface area contributed by atoms with E-state index in [1.807, 2.05) is 6.26 Å². The normalized spacial score (nSPS) is 10.8. The van der Waals surface area contributed by atoms with Crippen LogP contribution in [-0.2, 0) is 19.4 Å². The quantitative estimate of drug-likeness (QED) is 0.734. The molecule has 0 radical (unpaired) electrons. The minimum Gasteiger partial charge on any atom is -0.383 e. The number of nitrogen functional groups attached to an aromatic ring is 1. The van der Waals surface area contributed by atoms with Crippen molar-refractivity contribution >= 4 is 17.8 Å². The molecule has 3 N–H and O–H groups in total. The van der Waals surface area contributed by atoms with Crippen molar-refractivity contribution in [3.05, 3.63) is 22.9 Å². The molecule has 1 rings (SSSR count). The first-order valence-corrected chi connectivity index (χ1v) is 7.48. The maximum absolute atomic E-state index is 6.06. The second kappa shape index (κ2) is 7.56. The van der Waals surface area contributed by atoms with Crippen LogP contribution >= 0.6 is 11.9 Å². The largest absolute Gasteiger partial charge is 0.383 e. The van der Waals surface area contributed by atoms with Gasteiger partial charge in [0.05, 0.1) is 0 Å². The zero-order valence-electron chi connectivity index (χ0n) is 11.0. The van der Waals surface area contributed by atoms with Gasteiger partial charge in [0.15, 0.2) is 0 Å². The van der Waals surface area contributed by atoms with Gasteiger partial charge in [0, 0.05) is 17.8 Å². The van der Waals surface area contributed by atoms with Gasteiger partial charge in [-0.15, -0.1) is 0 Å². The molecular formula is C13H23N3S. The number of nitrogens with zero attached hydrogens (tertiary/aromatic N) is 1. The maximum atomic E-state index is 6.06. The Balaban J connectivity index is 2.99. The van der Waals surface area contributed by atoms with Gasteiger partial charge in [-0.3, -0.25) is 4.72 Å². The molecule has 0 amide bonds. The number of hydrogen-bond acceptors (Lipinski definition) is 4. The lowest BCUT2D eigenvalue weighted by atomic mass is 10.0. The smallest absolute Gasteiger partial charge is 0.128 e. The van der Waals surface area contributed by atoms with Gasteiger partial charge < -0.3 is 5.73 Å². The lowest BCUT2D eigenvalue weighted by molar-refractivity contribution is 0.838. The highest BCUT2D eigenvalue weighted by molar-refractivity contribution is 7.96. The Morgan fingerprint density at radius 2 is 2.00 bits per heavy atom. The van der Waals surface area contributed by atoms with Crippen molar-refractivity contribution in [2.24, 2.45) is 0 Å². The van der Waals surface area contributed by atoms with Crippen LogP contribution in [0.15, 0.2) is 6.07 Å². The summed E-state index contributed by atoms with van der Waals surface area (Å²) in [6.45, 7) is 5.16. The van der Waals surface area contributed by atoms with Crippen molar-refractivity contribution in [3.63, 3.8) is 0 Å². The van der Waals surface area contributed by atoms with E-state index in [4.69, 9.17) is 5.73 Å². The Bertz CT molecular complexity index is 353. The van der Waals surface area contributed by atoms with Gasteiger partial charge in [-0.1, -0.05) is 38.6 Å². The van der Waals surface area contributed by atoms with Gasteiger partial charge in [-0.25, -0.2) is 4.98 Å². The summed E-state index contributed by atoms with van der Waals surface area (Å²) in [5.74, 6) is 0.695. The molecule has 0 fully saturated rings. The lowest BCUT2D eigenvalue weighted by Gasteiger charge is -2.13. The Morgan fingerprint density at radius 1 is 1.29 bits per heavy atom. The average Bonchev–Trinajstić information content (AvgIpc) is 2.29. The number of rotatable bonds is 7. The first-order chi connectivity index (χ1) is 8.22. The van der Waals surface area contributed by atoms with Crippen molar-refractivity contribution in [1.29, 1.82) is 0 Å². The van der Waals surface area contributed by atoms with E-state index in [-0.39, 0.29) is 0 Å². The first kappa shape index (κ1) is 14.3. The molecular weight excluding hydrogens is 230 g/mol. The number of hydrogen-bond donors (Lipinski definition) is 2. The van der Waals surface area contributed by atoms with Gasteiger partial charge in [-0.2, -0.15) is 0 Å². The van der Waals surface area contributed by atoms with Crippen LogP contribution in [0.4, 0.5) is 5.82 Å². The van der Waals surface area contributed by atoms with Crippen LogP contribution in [-0.4, -0.2) is 11.2 Å². The zero-order chi connectivity index (χ0) is 12.7. The number of aromatic nitrogens is 1. The third-order valence-electron chi connectivity index (χ3n) is 2.72. The van der Waals surface area contributed by atoms with Crippen LogP contribution in [0, 0.1) is 0 Å². The second-order valence-corrected chi connectivity index (χ2v) is 4.86. The first-order valence-electron chi connectivity index (χ1n) is 6.25. The summed E-state index contributed by atoms with van der Waals surface area (Å²) in [4.78, 5) is 4.49. The molecule has 0 unspecified atom stereocenters. The van der Waals surface area contributed by atoms with Gasteiger partial charge in [0.2, 0.25) is 0 Å². The lowest BCUT2D eigenvalue weighted by Crippen LogP contribution is -2.11. The average molecular weight is 253 g/mol. The molecule has 0 bridgehead atoms. The molecule has 1 aromatic rings. The molecule has 0 aliphatic rings. The molecule has 96 valence electrons. The minimum absolute atomic E-state index is 0.695. The van der Waals surface area contributed by atoms with E-state index in [1.54, 1.807) is 11.9 Å². The Kier molecular flexibility index (Phi) is 6.37. The highest BCUT2D eigenvalue weighted by atomic mass is 32.2. The van der Waals surface area contributed by atoms with Crippen LogP contribution < -0.4 is 10.5 Å². The summed E-state index contributed by atoms with van der Waals surface area (Å²) in [6.07, 6.45) is 6.36. The van der Waals surface area contributed by atoms with Crippen molar-refractivity contribution in [3.8, 4) is 0 Å². The molecule has 0 spiro atoms. The second-order valence-electron chi connectivity index (χ2n) is 4.16. The summed E-state index contributed by atoms with van der Waals surface area (Å²) < 4.78 is 3.25. The molecule has 0 aromatic carbocycles. The van der Waals surface area contributed by atoms with Crippen LogP contribution in [0.2, 0.25) is 0 Å². The third kappa shape index (κ3) is 4.21. The number of nitrogens with one attached hydrogen (secondary N) is 1. The predicted octanol–water partition coefficient (Wildman–Crippen LogP) is 2.94. The summed E-state index contributed by atoms with van der Waals surface area (Å²) in [6, 6.07) is 2.22. The molecule has 1 heterocycles. The van der Waals surface area contributed by atoms with Gasteiger partial charge in [0.1, 0.15) is 5.82 Å². The molecule has 0 aliphatic carbocycles. The Morgan fingerprint density at radius 3 is 2.59 bits per heavy atom. The molecule has 0 aliphatic heterocycles. The molecule has 0 saturated heterocycles. The Labute approximate surface area is 109 Å². The topological polar surface area (TPSA) is 50.9 Å². The Hall–Kier alpha value is -0.740. The fraction of sp³-hybridized carbons (Fsp3) is 0.615. The summed E-state index contributed by atoms with van der Waals surface area (Å²) in [5.41, 5.74) is 9.71. The molecule has 1 aromatic heterocycles. The van der Waals surface area contributed by atoms with E-state index >= 15 is 0 Å². The van der Waals surface area contributed by atoms with Crippen molar-refractivity contribution in [2.45, 2.75) is 46.1 Å². The van der Waals surface area contributed by atoms with Crippen LogP contribution in [0.1, 0.15) is 43.5 Å². The summed E-state index contributed by atoms with van der Waals surface area (Å²) >= 11 is 1.61. The predicted molar refractivity (Wildman–Crippen MR) is 77.0 cm³/mol. The van der Waals surface area contributed by atoms with Gasteiger partial charge in [-0.05, 0) is 30.7 Å². The van der Waals surface area contributed by atoms with Crippen molar-refractivity contribution in [1.82, 2.24) is 9.71 Å². The monoisotopic (exact) mass is 253 g/mol. The highest BCUT2D eigenvalue weighted by Crippen LogP contribution is 2.20. The zero-order valence-corrected chi connectivity index (χ0v) is 11.9. The summed E-state index contributed by atoms with van der Waals surface area (Å²) in [7, 11) is 0. The summed E-state index contributed by atoms with van der Waals surface area (Å²) in [5, 5.41) is 0.